The van der Waals surface area contributed by atoms with E-state index in [0.717, 1.165) is 5.33 Å². The number of amides is 1. The monoisotopic (exact) mass is 399 g/mol. The molecule has 1 amide bonds. The first kappa shape index (κ1) is 22.6. The Morgan fingerprint density at radius 1 is 0.826 bits per heavy atom. The van der Waals surface area contributed by atoms with Gasteiger partial charge in [-0.05, 0) is 20.8 Å². The zero-order valence-corrected chi connectivity index (χ0v) is 16.0. The van der Waals surface area contributed by atoms with Gasteiger partial charge in [0.05, 0.1) is 52.9 Å². The molecule has 0 spiro atoms. The minimum absolute atomic E-state index is 0.409. The van der Waals surface area contributed by atoms with E-state index in [1.165, 1.54) is 0 Å². The van der Waals surface area contributed by atoms with Gasteiger partial charge in [0.2, 0.25) is 0 Å². The van der Waals surface area contributed by atoms with Crippen LogP contribution in [0.4, 0.5) is 4.79 Å². The van der Waals surface area contributed by atoms with Gasteiger partial charge in [0.25, 0.3) is 0 Å². The van der Waals surface area contributed by atoms with Gasteiger partial charge in [-0.1, -0.05) is 15.9 Å². The fourth-order valence-electron chi connectivity index (χ4n) is 1.36. The van der Waals surface area contributed by atoms with E-state index in [2.05, 4.69) is 21.2 Å². The summed E-state index contributed by atoms with van der Waals surface area (Å²) < 4.78 is 26.3. The maximum atomic E-state index is 11.3. The average molecular weight is 400 g/mol. The molecule has 0 bridgehead atoms. The lowest BCUT2D eigenvalue weighted by Gasteiger charge is -2.19. The van der Waals surface area contributed by atoms with Crippen molar-refractivity contribution in [1.29, 1.82) is 0 Å². The molecule has 0 aliphatic carbocycles. The second kappa shape index (κ2) is 15.1. The Hall–Kier alpha value is -0.410. The Balaban J connectivity index is 3.15. The Bertz CT molecular complexity index is 286. The first-order valence-electron chi connectivity index (χ1n) is 7.79. The van der Waals surface area contributed by atoms with Crippen LogP contribution >= 0.6 is 15.9 Å². The van der Waals surface area contributed by atoms with Crippen LogP contribution in [0.15, 0.2) is 0 Å². The summed E-state index contributed by atoms with van der Waals surface area (Å²) in [6.45, 7) is 10.2. The predicted octanol–water partition coefficient (Wildman–Crippen LogP) is 1.97. The first-order valence-corrected chi connectivity index (χ1v) is 8.91. The summed E-state index contributed by atoms with van der Waals surface area (Å²) in [5, 5.41) is 3.45. The molecule has 23 heavy (non-hydrogen) atoms. The van der Waals surface area contributed by atoms with Crippen LogP contribution in [0.3, 0.4) is 0 Å². The molecule has 0 fully saturated rings. The molecule has 0 aliphatic heterocycles. The van der Waals surface area contributed by atoms with E-state index in [0.29, 0.717) is 59.4 Å². The largest absolute Gasteiger partial charge is 0.444 e. The minimum Gasteiger partial charge on any atom is -0.444 e. The van der Waals surface area contributed by atoms with E-state index in [1.807, 2.05) is 20.8 Å². The molecule has 8 heteroatoms. The maximum absolute atomic E-state index is 11.3. The summed E-state index contributed by atoms with van der Waals surface area (Å²) in [7, 11) is 0. The molecule has 0 unspecified atom stereocenters. The Morgan fingerprint density at radius 2 is 1.26 bits per heavy atom. The van der Waals surface area contributed by atoms with Gasteiger partial charge in [0.1, 0.15) is 5.60 Å². The van der Waals surface area contributed by atoms with Gasteiger partial charge in [-0.3, -0.25) is 0 Å². The van der Waals surface area contributed by atoms with Crippen molar-refractivity contribution in [2.75, 3.05) is 64.7 Å². The molecule has 0 radical (unpaired) electrons. The number of rotatable bonds is 14. The Labute approximate surface area is 147 Å². The zero-order chi connectivity index (χ0) is 17.4. The molecule has 0 saturated heterocycles. The van der Waals surface area contributed by atoms with Gasteiger partial charge in [0, 0.05) is 11.9 Å². The lowest BCUT2D eigenvalue weighted by molar-refractivity contribution is -0.000195. The molecule has 0 aromatic rings. The highest BCUT2D eigenvalue weighted by molar-refractivity contribution is 9.09. The molecule has 0 rings (SSSR count). The van der Waals surface area contributed by atoms with Crippen LogP contribution in [-0.4, -0.2) is 76.4 Å². The third kappa shape index (κ3) is 19.5. The van der Waals surface area contributed by atoms with E-state index in [9.17, 15) is 4.79 Å². The maximum Gasteiger partial charge on any atom is 0.407 e. The number of carbonyl (C=O) groups excluding carboxylic acids is 1. The van der Waals surface area contributed by atoms with E-state index >= 15 is 0 Å². The highest BCUT2D eigenvalue weighted by Gasteiger charge is 2.15. The molecule has 0 aliphatic rings. The standard InChI is InChI=1S/C15H30BrNO6/c1-15(2,3)23-14(18)17-5-7-20-9-11-22-13-12-21-10-8-19-6-4-16/h4-13H2,1-3H3,(H,17,18). The van der Waals surface area contributed by atoms with Crippen LogP contribution in [0, 0.1) is 0 Å². The van der Waals surface area contributed by atoms with Crippen molar-refractivity contribution in [3.05, 3.63) is 0 Å². The third-order valence-electron chi connectivity index (χ3n) is 2.25. The van der Waals surface area contributed by atoms with Crippen molar-refractivity contribution in [3.63, 3.8) is 0 Å². The fraction of sp³-hybridized carbons (Fsp3) is 0.933. The minimum atomic E-state index is -0.485. The van der Waals surface area contributed by atoms with E-state index < -0.39 is 11.7 Å². The second-order valence-corrected chi connectivity index (χ2v) is 6.36. The lowest BCUT2D eigenvalue weighted by Crippen LogP contribution is -2.34. The summed E-state index contributed by atoms with van der Waals surface area (Å²) in [4.78, 5) is 11.3. The molecule has 0 heterocycles. The highest BCUT2D eigenvalue weighted by atomic mass is 79.9. The van der Waals surface area contributed by atoms with Crippen molar-refractivity contribution < 1.29 is 28.5 Å². The number of halogens is 1. The predicted molar refractivity (Wildman–Crippen MR) is 91.3 cm³/mol. The van der Waals surface area contributed by atoms with Crippen molar-refractivity contribution in [3.8, 4) is 0 Å². The number of hydrogen-bond acceptors (Lipinski definition) is 6. The van der Waals surface area contributed by atoms with Crippen molar-refractivity contribution in [1.82, 2.24) is 5.32 Å². The van der Waals surface area contributed by atoms with Gasteiger partial charge in [-0.15, -0.1) is 0 Å². The van der Waals surface area contributed by atoms with Crippen LogP contribution in [-0.2, 0) is 23.7 Å². The van der Waals surface area contributed by atoms with Gasteiger partial charge < -0.3 is 29.0 Å². The van der Waals surface area contributed by atoms with Crippen LogP contribution in [0.1, 0.15) is 20.8 Å². The summed E-state index contributed by atoms with van der Waals surface area (Å²) in [5.41, 5.74) is -0.485. The molecule has 138 valence electrons. The normalized spacial score (nSPS) is 11.5. The van der Waals surface area contributed by atoms with Crippen molar-refractivity contribution in [2.24, 2.45) is 0 Å². The molecule has 0 aromatic carbocycles. The summed E-state index contributed by atoms with van der Waals surface area (Å²) >= 11 is 3.28. The van der Waals surface area contributed by atoms with E-state index in [-0.39, 0.29) is 0 Å². The smallest absolute Gasteiger partial charge is 0.407 e. The van der Waals surface area contributed by atoms with Gasteiger partial charge >= 0.3 is 6.09 Å². The van der Waals surface area contributed by atoms with Crippen molar-refractivity contribution in [2.45, 2.75) is 26.4 Å². The fourth-order valence-corrected chi connectivity index (χ4v) is 1.58. The molecule has 1 N–H and O–H groups in total. The molecule has 0 aromatic heterocycles. The molecule has 0 atom stereocenters. The van der Waals surface area contributed by atoms with Crippen LogP contribution < -0.4 is 5.32 Å². The Morgan fingerprint density at radius 3 is 1.70 bits per heavy atom. The molecular formula is C15H30BrNO6. The zero-order valence-electron chi connectivity index (χ0n) is 14.4. The molecule has 0 saturated carbocycles. The summed E-state index contributed by atoms with van der Waals surface area (Å²) in [5.74, 6) is 0. The van der Waals surface area contributed by atoms with Gasteiger partial charge in [-0.2, -0.15) is 0 Å². The third-order valence-corrected chi connectivity index (χ3v) is 2.58. The van der Waals surface area contributed by atoms with Crippen molar-refractivity contribution >= 4 is 22.0 Å². The van der Waals surface area contributed by atoms with Gasteiger partial charge in [-0.25, -0.2) is 4.79 Å². The van der Waals surface area contributed by atoms with Crippen LogP contribution in [0.5, 0.6) is 0 Å². The molecule has 7 nitrogen and oxygen atoms in total. The molecular weight excluding hydrogens is 370 g/mol. The first-order chi connectivity index (χ1) is 11.0. The van der Waals surface area contributed by atoms with E-state index in [1.54, 1.807) is 0 Å². The van der Waals surface area contributed by atoms with Gasteiger partial charge in [0.15, 0.2) is 0 Å². The number of ether oxygens (including phenoxy) is 5. The number of nitrogens with one attached hydrogen (secondary N) is 1. The topological polar surface area (TPSA) is 75.3 Å². The Kier molecular flexibility index (Phi) is 14.9. The van der Waals surface area contributed by atoms with Crippen LogP contribution in [0.25, 0.3) is 0 Å². The quantitative estimate of drug-likeness (QED) is 0.355. The summed E-state index contributed by atoms with van der Waals surface area (Å²) in [6, 6.07) is 0. The average Bonchev–Trinajstić information content (AvgIpc) is 2.46. The van der Waals surface area contributed by atoms with Crippen LogP contribution in [0.2, 0.25) is 0 Å². The summed E-state index contributed by atoms with van der Waals surface area (Å²) in [6.07, 6.45) is -0.436. The second-order valence-electron chi connectivity index (χ2n) is 5.57. The van der Waals surface area contributed by atoms with E-state index in [4.69, 9.17) is 23.7 Å². The number of alkyl halides is 1. The SMILES string of the molecule is CC(C)(C)OC(=O)NCCOCCOCCOCCOCCBr. The lowest BCUT2D eigenvalue weighted by atomic mass is 10.2. The number of alkyl carbamates (subject to hydrolysis) is 1. The number of hydrogen-bond donors (Lipinski definition) is 1. The highest BCUT2D eigenvalue weighted by Crippen LogP contribution is 2.05. The number of carbonyl (C=O) groups is 1.